The van der Waals surface area contributed by atoms with Gasteiger partial charge in [-0.25, -0.2) is 0 Å². The lowest BCUT2D eigenvalue weighted by Gasteiger charge is -2.08. The fourth-order valence-electron chi connectivity index (χ4n) is 3.27. The van der Waals surface area contributed by atoms with Gasteiger partial charge in [0.05, 0.1) is 0 Å². The molecule has 2 aromatic rings. The number of nitrogens with two attached hydrogens (primary N) is 1. The second-order valence-electron chi connectivity index (χ2n) is 5.25. The van der Waals surface area contributed by atoms with Crippen LogP contribution in [0.15, 0.2) is 48.5 Å². The van der Waals surface area contributed by atoms with Crippen LogP contribution >= 0.6 is 12.4 Å². The van der Waals surface area contributed by atoms with E-state index in [9.17, 15) is 0 Å². The van der Waals surface area contributed by atoms with E-state index in [2.05, 4.69) is 48.5 Å². The van der Waals surface area contributed by atoms with Crippen molar-refractivity contribution in [2.75, 3.05) is 0 Å². The lowest BCUT2D eigenvalue weighted by molar-refractivity contribution is 0.801. The number of rotatable bonds is 1. The SMILES string of the molecule is Cl.N[C@H]1[C@H]2Cc3cc(-c4ccccc4)ccc3[C@@H]12. The normalized spacial score (nSPS) is 27.1. The van der Waals surface area contributed by atoms with Crippen LogP contribution in [0.1, 0.15) is 17.0 Å². The van der Waals surface area contributed by atoms with Gasteiger partial charge in [0.1, 0.15) is 0 Å². The molecule has 2 N–H and O–H groups in total. The molecule has 0 spiro atoms. The van der Waals surface area contributed by atoms with Gasteiger partial charge in [0.2, 0.25) is 0 Å². The molecule has 1 nitrogen and oxygen atoms in total. The Morgan fingerprint density at radius 2 is 1.72 bits per heavy atom. The summed E-state index contributed by atoms with van der Waals surface area (Å²) < 4.78 is 0. The summed E-state index contributed by atoms with van der Waals surface area (Å²) in [5, 5.41) is 0. The third kappa shape index (κ3) is 1.58. The number of hydrogen-bond acceptors (Lipinski definition) is 1. The van der Waals surface area contributed by atoms with Gasteiger partial charge in [0.15, 0.2) is 0 Å². The molecule has 18 heavy (non-hydrogen) atoms. The van der Waals surface area contributed by atoms with Crippen molar-refractivity contribution in [3.8, 4) is 11.1 Å². The quantitative estimate of drug-likeness (QED) is 0.833. The summed E-state index contributed by atoms with van der Waals surface area (Å²) in [4.78, 5) is 0. The van der Waals surface area contributed by atoms with Gasteiger partial charge in [-0.1, -0.05) is 48.5 Å². The predicted octanol–water partition coefficient (Wildman–Crippen LogP) is 3.37. The zero-order valence-corrected chi connectivity index (χ0v) is 10.9. The molecule has 2 aliphatic carbocycles. The van der Waals surface area contributed by atoms with E-state index in [1.54, 1.807) is 0 Å². The van der Waals surface area contributed by atoms with Crippen LogP contribution in [0.2, 0.25) is 0 Å². The van der Waals surface area contributed by atoms with Gasteiger partial charge < -0.3 is 5.73 Å². The lowest BCUT2D eigenvalue weighted by Crippen LogP contribution is -2.08. The maximum absolute atomic E-state index is 6.04. The number of hydrogen-bond donors (Lipinski definition) is 1. The molecule has 2 aliphatic rings. The van der Waals surface area contributed by atoms with E-state index in [1.165, 1.54) is 28.7 Å². The summed E-state index contributed by atoms with van der Waals surface area (Å²) in [5.41, 5.74) is 11.7. The molecular weight excluding hydrogens is 242 g/mol. The maximum atomic E-state index is 6.04. The number of fused-ring (bicyclic) bond motifs is 3. The van der Waals surface area contributed by atoms with E-state index >= 15 is 0 Å². The van der Waals surface area contributed by atoms with Gasteiger partial charge in [-0.15, -0.1) is 12.4 Å². The molecule has 92 valence electrons. The minimum atomic E-state index is 0. The van der Waals surface area contributed by atoms with E-state index in [0.717, 1.165) is 5.92 Å². The van der Waals surface area contributed by atoms with Crippen LogP contribution in [0, 0.1) is 5.92 Å². The summed E-state index contributed by atoms with van der Waals surface area (Å²) in [6.07, 6.45) is 1.18. The highest BCUT2D eigenvalue weighted by atomic mass is 35.5. The Bertz CT molecular complexity index is 579. The van der Waals surface area contributed by atoms with E-state index in [-0.39, 0.29) is 12.4 Å². The maximum Gasteiger partial charge on any atom is 0.0149 e. The molecule has 3 atom stereocenters. The van der Waals surface area contributed by atoms with Crippen LogP contribution in [0.25, 0.3) is 11.1 Å². The summed E-state index contributed by atoms with van der Waals surface area (Å²) in [6.45, 7) is 0. The fourth-order valence-corrected chi connectivity index (χ4v) is 3.27. The zero-order valence-electron chi connectivity index (χ0n) is 10.0. The van der Waals surface area contributed by atoms with Crippen molar-refractivity contribution in [1.82, 2.24) is 0 Å². The van der Waals surface area contributed by atoms with E-state index < -0.39 is 0 Å². The van der Waals surface area contributed by atoms with Crippen LogP contribution in [0.4, 0.5) is 0 Å². The molecule has 0 amide bonds. The fraction of sp³-hybridized carbons (Fsp3) is 0.250. The van der Waals surface area contributed by atoms with Crippen molar-refractivity contribution >= 4 is 12.4 Å². The highest BCUT2D eigenvalue weighted by molar-refractivity contribution is 5.85. The van der Waals surface area contributed by atoms with Crippen LogP contribution in [-0.4, -0.2) is 6.04 Å². The number of halogens is 1. The van der Waals surface area contributed by atoms with Crippen molar-refractivity contribution in [3.05, 3.63) is 59.7 Å². The Labute approximate surface area is 113 Å². The Kier molecular flexibility index (Phi) is 2.69. The Morgan fingerprint density at radius 3 is 2.50 bits per heavy atom. The molecule has 1 saturated carbocycles. The molecule has 0 unspecified atom stereocenters. The lowest BCUT2D eigenvalue weighted by atomic mass is 9.98. The van der Waals surface area contributed by atoms with Crippen molar-refractivity contribution in [1.29, 1.82) is 0 Å². The molecule has 2 aromatic carbocycles. The van der Waals surface area contributed by atoms with E-state index in [0.29, 0.717) is 12.0 Å². The van der Waals surface area contributed by atoms with Crippen LogP contribution in [0.3, 0.4) is 0 Å². The number of benzene rings is 2. The topological polar surface area (TPSA) is 26.0 Å². The summed E-state index contributed by atoms with van der Waals surface area (Å²) >= 11 is 0. The first kappa shape index (κ1) is 11.8. The summed E-state index contributed by atoms with van der Waals surface area (Å²) in [6, 6.07) is 17.9. The highest BCUT2D eigenvalue weighted by Crippen LogP contribution is 2.55. The second kappa shape index (κ2) is 4.11. The molecule has 0 saturated heterocycles. The molecule has 4 rings (SSSR count). The van der Waals surface area contributed by atoms with Gasteiger partial charge in [-0.3, -0.25) is 0 Å². The predicted molar refractivity (Wildman–Crippen MR) is 77.0 cm³/mol. The van der Waals surface area contributed by atoms with Gasteiger partial charge in [-0.05, 0) is 34.6 Å². The van der Waals surface area contributed by atoms with Crippen LogP contribution in [-0.2, 0) is 6.42 Å². The van der Waals surface area contributed by atoms with Crippen molar-refractivity contribution in [3.63, 3.8) is 0 Å². The van der Waals surface area contributed by atoms with Crippen LogP contribution < -0.4 is 5.73 Å². The molecule has 0 aliphatic heterocycles. The Morgan fingerprint density at radius 1 is 0.944 bits per heavy atom. The first-order chi connectivity index (χ1) is 8.34. The third-order valence-electron chi connectivity index (χ3n) is 4.29. The molecule has 0 bridgehead atoms. The molecule has 0 radical (unpaired) electrons. The van der Waals surface area contributed by atoms with Crippen molar-refractivity contribution < 1.29 is 0 Å². The van der Waals surface area contributed by atoms with Gasteiger partial charge in [-0.2, -0.15) is 0 Å². The van der Waals surface area contributed by atoms with E-state index in [1.807, 2.05) is 0 Å². The average molecular weight is 258 g/mol. The van der Waals surface area contributed by atoms with Crippen molar-refractivity contribution in [2.45, 2.75) is 18.4 Å². The molecule has 0 aromatic heterocycles. The molecule has 1 fully saturated rings. The first-order valence-corrected chi connectivity index (χ1v) is 6.28. The monoisotopic (exact) mass is 257 g/mol. The summed E-state index contributed by atoms with van der Waals surface area (Å²) in [7, 11) is 0. The highest BCUT2D eigenvalue weighted by Gasteiger charge is 2.53. The van der Waals surface area contributed by atoms with Gasteiger partial charge in [0, 0.05) is 12.0 Å². The van der Waals surface area contributed by atoms with Gasteiger partial charge in [0.25, 0.3) is 0 Å². The Hall–Kier alpha value is -1.31. The smallest absolute Gasteiger partial charge is 0.0149 e. The van der Waals surface area contributed by atoms with Crippen LogP contribution in [0.5, 0.6) is 0 Å². The first-order valence-electron chi connectivity index (χ1n) is 6.28. The zero-order chi connectivity index (χ0) is 11.4. The minimum Gasteiger partial charge on any atom is -0.327 e. The second-order valence-corrected chi connectivity index (χ2v) is 5.25. The summed E-state index contributed by atoms with van der Waals surface area (Å²) in [5.74, 6) is 1.39. The third-order valence-corrected chi connectivity index (χ3v) is 4.29. The molecular formula is C16H16ClN. The van der Waals surface area contributed by atoms with E-state index in [4.69, 9.17) is 5.73 Å². The van der Waals surface area contributed by atoms with Crippen molar-refractivity contribution in [2.24, 2.45) is 11.7 Å². The minimum absolute atomic E-state index is 0. The molecule has 0 heterocycles. The molecule has 2 heteroatoms. The standard InChI is InChI=1S/C16H15N.ClH/c17-16-14-9-12-8-11(6-7-13(12)15(14)16)10-4-2-1-3-5-10;/h1-8,14-16H,9,17H2;1H/t14-,15+,16-;/m0./s1. The average Bonchev–Trinajstić information content (AvgIpc) is 2.87. The Balaban J connectivity index is 0.000001000. The van der Waals surface area contributed by atoms with Gasteiger partial charge >= 0.3 is 0 Å². The largest absolute Gasteiger partial charge is 0.327 e.